The van der Waals surface area contributed by atoms with Gasteiger partial charge in [-0.3, -0.25) is 18.8 Å². The lowest BCUT2D eigenvalue weighted by atomic mass is 10.2. The van der Waals surface area contributed by atoms with E-state index in [1.807, 2.05) is 56.4 Å². The molecule has 0 saturated heterocycles. The number of hydrogen-bond donors (Lipinski definition) is 1. The van der Waals surface area contributed by atoms with E-state index in [1.54, 1.807) is 26.1 Å². The van der Waals surface area contributed by atoms with Crippen LogP contribution in [0.1, 0.15) is 5.69 Å². The van der Waals surface area contributed by atoms with Crippen molar-refractivity contribution >= 4 is 29.3 Å². The maximum Gasteiger partial charge on any atom is 0.296 e. The number of hydrogen-bond acceptors (Lipinski definition) is 5. The Hall–Kier alpha value is -3.30. The zero-order chi connectivity index (χ0) is 22.1. The van der Waals surface area contributed by atoms with Crippen molar-refractivity contribution in [3.8, 4) is 22.8 Å². The number of rotatable bonds is 6. The van der Waals surface area contributed by atoms with Gasteiger partial charge in [0.1, 0.15) is 5.69 Å². The summed E-state index contributed by atoms with van der Waals surface area (Å²) in [6.45, 7) is 1.84. The first kappa shape index (κ1) is 21.0. The normalized spacial score (nSPS) is 11.1. The molecule has 0 spiro atoms. The van der Waals surface area contributed by atoms with Gasteiger partial charge < -0.3 is 5.73 Å². The van der Waals surface area contributed by atoms with E-state index in [-0.39, 0.29) is 11.3 Å². The third-order valence-electron chi connectivity index (χ3n) is 4.84. The number of carbonyl (C=O) groups is 1. The number of thioether (sulfide) groups is 1. The van der Waals surface area contributed by atoms with Gasteiger partial charge in [0.25, 0.3) is 5.56 Å². The van der Waals surface area contributed by atoms with Gasteiger partial charge in [0.2, 0.25) is 5.91 Å². The molecule has 2 heterocycles. The van der Waals surface area contributed by atoms with Crippen molar-refractivity contribution in [3.05, 3.63) is 75.7 Å². The first-order chi connectivity index (χ1) is 14.9. The van der Waals surface area contributed by atoms with E-state index in [9.17, 15) is 9.59 Å². The fraction of sp³-hybridized carbons (Fsp3) is 0.143. The zero-order valence-electron chi connectivity index (χ0n) is 16.8. The predicted octanol–water partition coefficient (Wildman–Crippen LogP) is 2.96. The van der Waals surface area contributed by atoms with Crippen molar-refractivity contribution in [2.75, 3.05) is 5.75 Å². The van der Waals surface area contributed by atoms with Crippen LogP contribution in [0.5, 0.6) is 0 Å². The number of primary amides is 1. The average molecular weight is 455 g/mol. The molecule has 31 heavy (non-hydrogen) atoms. The highest BCUT2D eigenvalue weighted by Gasteiger charge is 2.25. The summed E-state index contributed by atoms with van der Waals surface area (Å²) < 4.78 is 4.99. The van der Waals surface area contributed by atoms with Crippen LogP contribution < -0.4 is 11.3 Å². The Labute approximate surface area is 187 Å². The molecule has 0 fully saturated rings. The quantitative estimate of drug-likeness (QED) is 0.451. The number of aromatic nitrogens is 5. The molecule has 0 aliphatic heterocycles. The van der Waals surface area contributed by atoms with Crippen molar-refractivity contribution in [2.45, 2.75) is 12.1 Å². The van der Waals surface area contributed by atoms with Gasteiger partial charge in [0.15, 0.2) is 11.0 Å². The highest BCUT2D eigenvalue weighted by atomic mass is 35.5. The molecule has 8 nitrogen and oxygen atoms in total. The highest BCUT2D eigenvalue weighted by Crippen LogP contribution is 2.32. The summed E-state index contributed by atoms with van der Waals surface area (Å²) in [6, 6.07) is 16.5. The number of nitrogens with two attached hydrogens (primary N) is 1. The number of para-hydroxylation sites is 1. The molecule has 0 atom stereocenters. The molecule has 0 aliphatic rings. The van der Waals surface area contributed by atoms with Gasteiger partial charge in [-0.15, -0.1) is 10.2 Å². The second-order valence-corrected chi connectivity index (χ2v) is 8.14. The van der Waals surface area contributed by atoms with Crippen LogP contribution in [0.3, 0.4) is 0 Å². The van der Waals surface area contributed by atoms with Crippen LogP contribution in [-0.4, -0.2) is 35.8 Å². The van der Waals surface area contributed by atoms with Gasteiger partial charge >= 0.3 is 0 Å². The Kier molecular flexibility index (Phi) is 5.71. The Morgan fingerprint density at radius 2 is 1.77 bits per heavy atom. The van der Waals surface area contributed by atoms with Crippen molar-refractivity contribution in [2.24, 2.45) is 12.8 Å². The minimum absolute atomic E-state index is 0.000583. The summed E-state index contributed by atoms with van der Waals surface area (Å²) in [4.78, 5) is 25.0. The molecule has 1 amide bonds. The molecule has 0 bridgehead atoms. The molecule has 2 aromatic heterocycles. The molecule has 4 rings (SSSR count). The maximum absolute atomic E-state index is 13.6. The molecule has 10 heteroatoms. The lowest BCUT2D eigenvalue weighted by Crippen LogP contribution is -2.22. The van der Waals surface area contributed by atoms with Crippen LogP contribution in [0.15, 0.2) is 64.5 Å². The van der Waals surface area contributed by atoms with E-state index < -0.39 is 5.91 Å². The summed E-state index contributed by atoms with van der Waals surface area (Å²) in [5.74, 6) is -0.0896. The maximum atomic E-state index is 13.6. The average Bonchev–Trinajstić information content (AvgIpc) is 3.25. The summed E-state index contributed by atoms with van der Waals surface area (Å²) >= 11 is 7.53. The van der Waals surface area contributed by atoms with E-state index in [0.717, 1.165) is 17.4 Å². The van der Waals surface area contributed by atoms with Crippen molar-refractivity contribution in [1.29, 1.82) is 0 Å². The van der Waals surface area contributed by atoms with Crippen LogP contribution >= 0.6 is 23.4 Å². The highest BCUT2D eigenvalue weighted by molar-refractivity contribution is 7.99. The third kappa shape index (κ3) is 3.77. The van der Waals surface area contributed by atoms with Gasteiger partial charge in [-0.25, -0.2) is 4.68 Å². The smallest absolute Gasteiger partial charge is 0.296 e. The molecular formula is C21H19ClN6O2S. The summed E-state index contributed by atoms with van der Waals surface area (Å²) in [7, 11) is 1.81. The number of nitrogens with zero attached hydrogens (tertiary/aromatic N) is 5. The number of benzene rings is 2. The minimum atomic E-state index is -0.495. The molecule has 158 valence electrons. The largest absolute Gasteiger partial charge is 0.369 e. The van der Waals surface area contributed by atoms with Gasteiger partial charge in [-0.1, -0.05) is 53.7 Å². The molecule has 2 N–H and O–H groups in total. The van der Waals surface area contributed by atoms with Gasteiger partial charge in [0.05, 0.1) is 22.2 Å². The van der Waals surface area contributed by atoms with Crippen molar-refractivity contribution < 1.29 is 4.79 Å². The first-order valence-corrected chi connectivity index (χ1v) is 10.7. The molecule has 4 aromatic rings. The summed E-state index contributed by atoms with van der Waals surface area (Å²) in [6.07, 6.45) is 0. The van der Waals surface area contributed by atoms with Gasteiger partial charge in [-0.05, 0) is 31.2 Å². The second-order valence-electron chi connectivity index (χ2n) is 6.79. The summed E-state index contributed by atoms with van der Waals surface area (Å²) in [5, 5.41) is 9.37. The lowest BCUT2D eigenvalue weighted by molar-refractivity contribution is -0.115. The molecular weight excluding hydrogens is 436 g/mol. The molecule has 0 aliphatic carbocycles. The van der Waals surface area contributed by atoms with Gasteiger partial charge in [0, 0.05) is 12.6 Å². The summed E-state index contributed by atoms with van der Waals surface area (Å²) in [5.41, 5.74) is 7.49. The fourth-order valence-electron chi connectivity index (χ4n) is 3.33. The fourth-order valence-corrected chi connectivity index (χ4v) is 4.23. The van der Waals surface area contributed by atoms with Crippen molar-refractivity contribution in [1.82, 2.24) is 24.1 Å². The van der Waals surface area contributed by atoms with E-state index >= 15 is 0 Å². The Balaban J connectivity index is 2.00. The number of halogens is 1. The van der Waals surface area contributed by atoms with E-state index in [4.69, 9.17) is 17.3 Å². The predicted molar refractivity (Wildman–Crippen MR) is 121 cm³/mol. The molecule has 0 radical (unpaired) electrons. The van der Waals surface area contributed by atoms with E-state index in [2.05, 4.69) is 10.2 Å². The lowest BCUT2D eigenvalue weighted by Gasteiger charge is -2.09. The SMILES string of the molecule is Cc1c(-n2c(SCC(N)=O)nnc2-c2ccccc2Cl)c(=O)n(-c2ccccc2)n1C. The Morgan fingerprint density at radius 1 is 1.10 bits per heavy atom. The van der Waals surface area contributed by atoms with Crippen molar-refractivity contribution in [3.63, 3.8) is 0 Å². The second kappa shape index (κ2) is 8.44. The van der Waals surface area contributed by atoms with E-state index in [0.29, 0.717) is 32.9 Å². The van der Waals surface area contributed by atoms with Crippen LogP contribution in [0.25, 0.3) is 22.8 Å². The molecule has 2 aromatic carbocycles. The number of carbonyl (C=O) groups excluding carboxylic acids is 1. The first-order valence-electron chi connectivity index (χ1n) is 9.36. The topological polar surface area (TPSA) is 101 Å². The monoisotopic (exact) mass is 454 g/mol. The number of amides is 1. The molecule has 0 saturated carbocycles. The van der Waals surface area contributed by atoms with Crippen LogP contribution in [0.4, 0.5) is 0 Å². The van der Waals surface area contributed by atoms with E-state index in [1.165, 1.54) is 0 Å². The Morgan fingerprint density at radius 3 is 2.45 bits per heavy atom. The third-order valence-corrected chi connectivity index (χ3v) is 6.12. The minimum Gasteiger partial charge on any atom is -0.369 e. The zero-order valence-corrected chi connectivity index (χ0v) is 18.4. The standard InChI is InChI=1S/C21H19ClN6O2S/c1-13-18(20(30)28(26(13)2)14-8-4-3-5-9-14)27-19(15-10-6-7-11-16(15)22)24-25-21(27)31-12-17(23)29/h3-11H,12H2,1-2H3,(H2,23,29). The van der Waals surface area contributed by atoms with Gasteiger partial charge in [-0.2, -0.15) is 0 Å². The van der Waals surface area contributed by atoms with Crippen LogP contribution in [0.2, 0.25) is 5.02 Å². The molecule has 0 unspecified atom stereocenters. The Bertz CT molecular complexity index is 1330. The van der Waals surface area contributed by atoms with Crippen LogP contribution in [-0.2, 0) is 11.8 Å². The van der Waals surface area contributed by atoms with Crippen LogP contribution in [0, 0.1) is 6.92 Å².